The van der Waals surface area contributed by atoms with E-state index in [1.54, 1.807) is 48.8 Å². The van der Waals surface area contributed by atoms with E-state index < -0.39 is 10.0 Å². The van der Waals surface area contributed by atoms with Gasteiger partial charge in [0.1, 0.15) is 0 Å². The van der Waals surface area contributed by atoms with E-state index in [-0.39, 0.29) is 23.6 Å². The molecule has 34 heavy (non-hydrogen) atoms. The molecule has 0 radical (unpaired) electrons. The summed E-state index contributed by atoms with van der Waals surface area (Å²) in [5.41, 5.74) is 2.51. The Morgan fingerprint density at radius 3 is 2.68 bits per heavy atom. The average Bonchev–Trinajstić information content (AvgIpc) is 3.22. The van der Waals surface area contributed by atoms with Gasteiger partial charge in [-0.3, -0.25) is 19.8 Å². The SMILES string of the molecule is CN1CC(c2cnc3ccc4ccc(CS(=O)(=O)NCc5ccccn5)cc4c(=O)c3c2)C=N1. The maximum Gasteiger partial charge on any atom is 0.216 e. The normalized spacial score (nSPS) is 15.9. The summed E-state index contributed by atoms with van der Waals surface area (Å²) in [6, 6.07) is 16.0. The Kier molecular flexibility index (Phi) is 5.80. The summed E-state index contributed by atoms with van der Waals surface area (Å²) < 4.78 is 27.9. The summed E-state index contributed by atoms with van der Waals surface area (Å²) in [7, 11) is -1.72. The van der Waals surface area contributed by atoms with Crippen LogP contribution in [0.15, 0.2) is 76.9 Å². The van der Waals surface area contributed by atoms with Crippen LogP contribution in [0.1, 0.15) is 22.7 Å². The molecule has 2 aromatic carbocycles. The lowest BCUT2D eigenvalue weighted by Gasteiger charge is -2.10. The van der Waals surface area contributed by atoms with Crippen LogP contribution in [-0.4, -0.2) is 43.2 Å². The quantitative estimate of drug-likeness (QED) is 0.462. The molecule has 1 atom stereocenters. The Balaban J connectivity index is 1.48. The fourth-order valence-corrected chi connectivity index (χ4v) is 5.17. The zero-order valence-corrected chi connectivity index (χ0v) is 19.4. The fourth-order valence-electron chi connectivity index (χ4n) is 4.08. The van der Waals surface area contributed by atoms with Gasteiger partial charge in [-0.2, -0.15) is 5.10 Å². The molecule has 0 spiro atoms. The molecule has 0 aliphatic carbocycles. The van der Waals surface area contributed by atoms with Crippen molar-refractivity contribution < 1.29 is 8.42 Å². The highest BCUT2D eigenvalue weighted by atomic mass is 32.2. The van der Waals surface area contributed by atoms with Crippen LogP contribution in [0.4, 0.5) is 0 Å². The predicted octanol–water partition coefficient (Wildman–Crippen LogP) is 2.78. The molecule has 0 amide bonds. The monoisotopic (exact) mass is 473 g/mol. The van der Waals surface area contributed by atoms with E-state index in [1.165, 1.54) is 0 Å². The topological polar surface area (TPSA) is 105 Å². The summed E-state index contributed by atoms with van der Waals surface area (Å²) in [4.78, 5) is 22.1. The lowest BCUT2D eigenvalue weighted by atomic mass is 10.0. The predicted molar refractivity (Wildman–Crippen MR) is 133 cm³/mol. The highest BCUT2D eigenvalue weighted by Gasteiger charge is 2.18. The van der Waals surface area contributed by atoms with Crippen molar-refractivity contribution in [3.05, 3.63) is 94.0 Å². The van der Waals surface area contributed by atoms with Crippen molar-refractivity contribution in [3.8, 4) is 0 Å². The first-order chi connectivity index (χ1) is 16.4. The zero-order valence-electron chi connectivity index (χ0n) is 18.5. The second-order valence-corrected chi connectivity index (χ2v) is 10.2. The third-order valence-electron chi connectivity index (χ3n) is 5.86. The van der Waals surface area contributed by atoms with Gasteiger partial charge in [0, 0.05) is 48.9 Å². The number of benzene rings is 1. The van der Waals surface area contributed by atoms with Crippen LogP contribution in [0.3, 0.4) is 0 Å². The van der Waals surface area contributed by atoms with Gasteiger partial charge in [0.25, 0.3) is 0 Å². The fraction of sp³-hybridized carbons (Fsp3) is 0.200. The van der Waals surface area contributed by atoms with Crippen LogP contribution in [0, 0.1) is 0 Å². The number of likely N-dealkylation sites (N-methyl/N-ethyl adjacent to an activating group) is 1. The molecule has 172 valence electrons. The number of rotatable bonds is 6. The third-order valence-corrected chi connectivity index (χ3v) is 7.15. The van der Waals surface area contributed by atoms with Gasteiger partial charge in [0.2, 0.25) is 10.0 Å². The molecule has 1 unspecified atom stereocenters. The lowest BCUT2D eigenvalue weighted by Crippen LogP contribution is -2.25. The lowest BCUT2D eigenvalue weighted by molar-refractivity contribution is 0.381. The molecule has 4 aromatic rings. The molecular formula is C25H23N5O3S. The maximum absolute atomic E-state index is 13.5. The van der Waals surface area contributed by atoms with Gasteiger partial charge in [0.15, 0.2) is 5.43 Å². The van der Waals surface area contributed by atoms with Gasteiger partial charge in [-0.1, -0.05) is 24.3 Å². The van der Waals surface area contributed by atoms with Crippen molar-refractivity contribution in [2.24, 2.45) is 5.10 Å². The number of hydrazone groups is 1. The van der Waals surface area contributed by atoms with Crippen molar-refractivity contribution in [3.63, 3.8) is 0 Å². The Labute approximate surface area is 197 Å². The van der Waals surface area contributed by atoms with Gasteiger partial charge in [-0.05, 0) is 46.8 Å². The number of hydrogen-bond donors (Lipinski definition) is 1. The van der Waals surface area contributed by atoms with Crippen LogP contribution >= 0.6 is 0 Å². The van der Waals surface area contributed by atoms with Crippen LogP contribution < -0.4 is 10.2 Å². The summed E-state index contributed by atoms with van der Waals surface area (Å²) in [6.45, 7) is 0.839. The van der Waals surface area contributed by atoms with Crippen molar-refractivity contribution in [2.45, 2.75) is 18.2 Å². The van der Waals surface area contributed by atoms with E-state index >= 15 is 0 Å². The summed E-state index contributed by atoms with van der Waals surface area (Å²) in [5.74, 6) is -0.163. The van der Waals surface area contributed by atoms with E-state index in [0.717, 1.165) is 17.5 Å². The third kappa shape index (κ3) is 4.66. The molecule has 0 bridgehead atoms. The summed E-state index contributed by atoms with van der Waals surface area (Å²) in [5, 5.41) is 7.82. The highest BCUT2D eigenvalue weighted by Crippen LogP contribution is 2.23. The van der Waals surface area contributed by atoms with Gasteiger partial charge in [0.05, 0.1) is 23.5 Å². The van der Waals surface area contributed by atoms with Crippen molar-refractivity contribution in [1.82, 2.24) is 19.7 Å². The van der Waals surface area contributed by atoms with Gasteiger partial charge in [-0.25, -0.2) is 13.1 Å². The Bertz CT molecular complexity index is 1570. The van der Waals surface area contributed by atoms with Crippen LogP contribution in [0.25, 0.3) is 21.7 Å². The minimum absolute atomic E-state index is 0.0731. The molecule has 9 heteroatoms. The Hall–Kier alpha value is -3.69. The average molecular weight is 474 g/mol. The number of sulfonamides is 1. The van der Waals surface area contributed by atoms with E-state index in [0.29, 0.717) is 27.5 Å². The van der Waals surface area contributed by atoms with E-state index in [2.05, 4.69) is 19.8 Å². The second kappa shape index (κ2) is 8.92. The molecule has 0 saturated carbocycles. The summed E-state index contributed by atoms with van der Waals surface area (Å²) in [6.07, 6.45) is 5.26. The van der Waals surface area contributed by atoms with E-state index in [4.69, 9.17) is 0 Å². The zero-order chi connectivity index (χ0) is 23.7. The molecule has 0 fully saturated rings. The smallest absolute Gasteiger partial charge is 0.216 e. The molecular weight excluding hydrogens is 450 g/mol. The van der Waals surface area contributed by atoms with Crippen molar-refractivity contribution in [2.75, 3.05) is 13.6 Å². The second-order valence-electron chi connectivity index (χ2n) is 8.40. The first kappa shape index (κ1) is 22.1. The molecule has 1 N–H and O–H groups in total. The minimum Gasteiger partial charge on any atom is -0.299 e. The van der Waals surface area contributed by atoms with Crippen molar-refractivity contribution >= 4 is 37.9 Å². The van der Waals surface area contributed by atoms with Gasteiger partial charge >= 0.3 is 0 Å². The number of nitrogens with one attached hydrogen (secondary N) is 1. The minimum atomic E-state index is -3.62. The van der Waals surface area contributed by atoms with E-state index in [1.807, 2.05) is 36.5 Å². The first-order valence-electron chi connectivity index (χ1n) is 10.9. The molecule has 2 aromatic heterocycles. The maximum atomic E-state index is 13.5. The van der Waals surface area contributed by atoms with E-state index in [9.17, 15) is 13.2 Å². The molecule has 5 rings (SSSR count). The first-order valence-corrected chi connectivity index (χ1v) is 12.5. The van der Waals surface area contributed by atoms with Crippen LogP contribution in [0.2, 0.25) is 0 Å². The standard InChI is InChI=1S/C25H23N5O3S/c1-30-15-20(13-28-30)19-11-23-24(27-12-19)8-7-18-6-5-17(10-22(18)25(23)31)16-34(32,33)29-14-21-4-2-3-9-26-21/h2-13,20,29H,14-16H2,1H3. The van der Waals surface area contributed by atoms with Gasteiger partial charge in [-0.15, -0.1) is 0 Å². The number of pyridine rings is 2. The Morgan fingerprint density at radius 1 is 1.06 bits per heavy atom. The molecule has 0 saturated heterocycles. The summed E-state index contributed by atoms with van der Waals surface area (Å²) >= 11 is 0. The highest BCUT2D eigenvalue weighted by molar-refractivity contribution is 7.88. The van der Waals surface area contributed by atoms with Crippen LogP contribution in [0.5, 0.6) is 0 Å². The molecule has 1 aliphatic rings. The van der Waals surface area contributed by atoms with Crippen molar-refractivity contribution in [1.29, 1.82) is 0 Å². The number of fused-ring (bicyclic) bond motifs is 2. The largest absolute Gasteiger partial charge is 0.299 e. The Morgan fingerprint density at radius 2 is 1.91 bits per heavy atom. The number of nitrogens with zero attached hydrogens (tertiary/aromatic N) is 4. The van der Waals surface area contributed by atoms with Crippen LogP contribution in [-0.2, 0) is 22.3 Å². The molecule has 1 aliphatic heterocycles. The molecule has 8 nitrogen and oxygen atoms in total. The molecule has 3 heterocycles. The number of aromatic nitrogens is 2. The number of hydrogen-bond acceptors (Lipinski definition) is 7. The van der Waals surface area contributed by atoms with Gasteiger partial charge < -0.3 is 0 Å².